The molecule has 8 heteroatoms. The van der Waals surface area contributed by atoms with Crippen LogP contribution in [0.1, 0.15) is 37.4 Å². The van der Waals surface area contributed by atoms with Crippen molar-refractivity contribution < 1.29 is 22.3 Å². The van der Waals surface area contributed by atoms with Crippen LogP contribution in [0.25, 0.3) is 0 Å². The van der Waals surface area contributed by atoms with Crippen molar-refractivity contribution in [3.63, 3.8) is 0 Å². The zero-order valence-electron chi connectivity index (χ0n) is 20.4. The van der Waals surface area contributed by atoms with Gasteiger partial charge in [0.15, 0.2) is 0 Å². The number of methoxy groups -OCH3 is 1. The number of aryl methyl sites for hydroxylation is 1. The summed E-state index contributed by atoms with van der Waals surface area (Å²) in [6.45, 7) is 5.58. The zero-order valence-corrected chi connectivity index (χ0v) is 21.2. The van der Waals surface area contributed by atoms with Crippen LogP contribution in [0, 0.1) is 18.7 Å². The first-order chi connectivity index (χ1) is 16.6. The van der Waals surface area contributed by atoms with E-state index in [0.717, 1.165) is 27.6 Å². The molecule has 0 radical (unpaired) electrons. The van der Waals surface area contributed by atoms with Gasteiger partial charge in [-0.1, -0.05) is 43.7 Å². The smallest absolute Gasteiger partial charge is 0.264 e. The normalized spacial score (nSPS) is 12.3. The quantitative estimate of drug-likeness (QED) is 0.415. The average Bonchev–Trinajstić information content (AvgIpc) is 2.83. The summed E-state index contributed by atoms with van der Waals surface area (Å²) in [5.74, 6) is 0.00943. The highest BCUT2D eigenvalue weighted by molar-refractivity contribution is 7.92. The molecule has 6 nitrogen and oxygen atoms in total. The minimum Gasteiger partial charge on any atom is -0.497 e. The molecule has 0 saturated heterocycles. The molecule has 186 valence electrons. The SMILES string of the molecule is COc1ccc([C@@H](CC(C)C)NC(=O)CN(c2ccc(C)cc2)S(=O)(=O)c2ccc(F)cc2)cc1. The van der Waals surface area contributed by atoms with Gasteiger partial charge in [-0.3, -0.25) is 9.10 Å². The Morgan fingerprint density at radius 2 is 1.57 bits per heavy atom. The van der Waals surface area contributed by atoms with Crippen LogP contribution in [0.3, 0.4) is 0 Å². The van der Waals surface area contributed by atoms with Crippen LogP contribution >= 0.6 is 0 Å². The van der Waals surface area contributed by atoms with E-state index in [1.54, 1.807) is 31.4 Å². The Morgan fingerprint density at radius 1 is 0.971 bits per heavy atom. The first-order valence-corrected chi connectivity index (χ1v) is 12.8. The maximum absolute atomic E-state index is 13.5. The molecule has 3 aromatic carbocycles. The van der Waals surface area contributed by atoms with Gasteiger partial charge in [0.1, 0.15) is 18.1 Å². The van der Waals surface area contributed by atoms with Crippen LogP contribution in [0.2, 0.25) is 0 Å². The highest BCUT2D eigenvalue weighted by Gasteiger charge is 2.28. The molecule has 0 bridgehead atoms. The van der Waals surface area contributed by atoms with Crippen molar-refractivity contribution in [2.24, 2.45) is 5.92 Å². The lowest BCUT2D eigenvalue weighted by Crippen LogP contribution is -2.42. The number of amides is 1. The number of anilines is 1. The van der Waals surface area contributed by atoms with E-state index in [2.05, 4.69) is 19.2 Å². The van der Waals surface area contributed by atoms with E-state index in [4.69, 9.17) is 4.74 Å². The molecular weight excluding hydrogens is 467 g/mol. The van der Waals surface area contributed by atoms with Crippen molar-refractivity contribution >= 4 is 21.6 Å². The molecule has 1 atom stereocenters. The lowest BCUT2D eigenvalue weighted by atomic mass is 9.97. The highest BCUT2D eigenvalue weighted by atomic mass is 32.2. The summed E-state index contributed by atoms with van der Waals surface area (Å²) in [5.41, 5.74) is 2.20. The Hall–Kier alpha value is -3.39. The van der Waals surface area contributed by atoms with Gasteiger partial charge < -0.3 is 10.1 Å². The van der Waals surface area contributed by atoms with Crippen LogP contribution in [0.4, 0.5) is 10.1 Å². The van der Waals surface area contributed by atoms with Gasteiger partial charge in [0.05, 0.1) is 23.7 Å². The third-order valence-corrected chi connectivity index (χ3v) is 7.36. The molecule has 0 aliphatic heterocycles. The van der Waals surface area contributed by atoms with Crippen molar-refractivity contribution in [2.45, 2.75) is 38.1 Å². The highest BCUT2D eigenvalue weighted by Crippen LogP contribution is 2.26. The molecule has 0 aliphatic rings. The summed E-state index contributed by atoms with van der Waals surface area (Å²) in [6.07, 6.45) is 0.674. The van der Waals surface area contributed by atoms with Gasteiger partial charge in [-0.05, 0) is 73.4 Å². The molecule has 1 amide bonds. The Morgan fingerprint density at radius 3 is 2.11 bits per heavy atom. The summed E-state index contributed by atoms with van der Waals surface area (Å²) in [6, 6.07) is 18.5. The number of rotatable bonds is 10. The zero-order chi connectivity index (χ0) is 25.6. The summed E-state index contributed by atoms with van der Waals surface area (Å²) >= 11 is 0. The van der Waals surface area contributed by atoms with E-state index in [-0.39, 0.29) is 10.9 Å². The molecule has 0 aliphatic carbocycles. The van der Waals surface area contributed by atoms with Crippen LogP contribution in [-0.2, 0) is 14.8 Å². The van der Waals surface area contributed by atoms with Crippen molar-refractivity contribution in [2.75, 3.05) is 18.0 Å². The van der Waals surface area contributed by atoms with Gasteiger partial charge in [-0.2, -0.15) is 0 Å². The van der Waals surface area contributed by atoms with Crippen molar-refractivity contribution in [3.8, 4) is 5.75 Å². The Bertz CT molecular complexity index is 1230. The second kappa shape index (κ2) is 11.4. The number of nitrogens with zero attached hydrogens (tertiary/aromatic N) is 1. The largest absolute Gasteiger partial charge is 0.497 e. The van der Waals surface area contributed by atoms with Crippen LogP contribution in [0.5, 0.6) is 5.75 Å². The predicted molar refractivity (Wildman–Crippen MR) is 135 cm³/mol. The van der Waals surface area contributed by atoms with Gasteiger partial charge in [0, 0.05) is 0 Å². The van der Waals surface area contributed by atoms with Gasteiger partial charge in [-0.25, -0.2) is 12.8 Å². The maximum Gasteiger partial charge on any atom is 0.264 e. The van der Waals surface area contributed by atoms with E-state index in [1.807, 2.05) is 31.2 Å². The molecule has 0 spiro atoms. The van der Waals surface area contributed by atoms with Crippen molar-refractivity contribution in [3.05, 3.63) is 89.7 Å². The Kier molecular flexibility index (Phi) is 8.51. The van der Waals surface area contributed by atoms with E-state index in [1.165, 1.54) is 12.1 Å². The number of hydrogen-bond donors (Lipinski definition) is 1. The number of carbonyl (C=O) groups is 1. The molecule has 35 heavy (non-hydrogen) atoms. The maximum atomic E-state index is 13.5. The molecule has 3 rings (SSSR count). The predicted octanol–water partition coefficient (Wildman–Crippen LogP) is 5.24. The molecule has 0 heterocycles. The fourth-order valence-corrected chi connectivity index (χ4v) is 5.14. The summed E-state index contributed by atoms with van der Waals surface area (Å²) in [5, 5.41) is 3.00. The van der Waals surface area contributed by atoms with Crippen LogP contribution in [0.15, 0.2) is 77.7 Å². The minimum absolute atomic E-state index is 0.0961. The summed E-state index contributed by atoms with van der Waals surface area (Å²) in [7, 11) is -2.54. The van der Waals surface area contributed by atoms with Crippen molar-refractivity contribution in [1.82, 2.24) is 5.32 Å². The number of halogens is 1. The summed E-state index contributed by atoms with van der Waals surface area (Å²) < 4.78 is 46.7. The van der Waals surface area contributed by atoms with Crippen LogP contribution < -0.4 is 14.4 Å². The summed E-state index contributed by atoms with van der Waals surface area (Å²) in [4.78, 5) is 13.1. The fraction of sp³-hybridized carbons (Fsp3) is 0.296. The molecular formula is C27H31FN2O4S. The van der Waals surface area contributed by atoms with Gasteiger partial charge >= 0.3 is 0 Å². The number of ether oxygens (including phenoxy) is 1. The molecule has 3 aromatic rings. The van der Waals surface area contributed by atoms with Gasteiger partial charge in [0.25, 0.3) is 10.0 Å². The van der Waals surface area contributed by atoms with E-state index in [0.29, 0.717) is 23.8 Å². The van der Waals surface area contributed by atoms with E-state index < -0.39 is 28.3 Å². The third kappa shape index (κ3) is 6.82. The number of sulfonamides is 1. The number of hydrogen-bond acceptors (Lipinski definition) is 4. The molecule has 0 fully saturated rings. The van der Waals surface area contributed by atoms with Gasteiger partial charge in [-0.15, -0.1) is 0 Å². The topological polar surface area (TPSA) is 75.7 Å². The standard InChI is InChI=1S/C27H31FN2O4S/c1-19(2)17-26(21-7-13-24(34-4)14-8-21)29-27(31)18-30(23-11-5-20(3)6-12-23)35(32,33)25-15-9-22(28)10-16-25/h5-16,19,26H,17-18H2,1-4H3,(H,29,31)/t26-/m1/s1. The lowest BCUT2D eigenvalue weighted by Gasteiger charge is -2.27. The lowest BCUT2D eigenvalue weighted by molar-refractivity contribution is -0.120. The molecule has 0 unspecified atom stereocenters. The second-order valence-corrected chi connectivity index (χ2v) is 10.7. The van der Waals surface area contributed by atoms with E-state index >= 15 is 0 Å². The van der Waals surface area contributed by atoms with Crippen LogP contribution in [-0.4, -0.2) is 28.0 Å². The minimum atomic E-state index is -4.12. The number of nitrogens with one attached hydrogen (secondary N) is 1. The molecule has 1 N–H and O–H groups in total. The monoisotopic (exact) mass is 498 g/mol. The molecule has 0 saturated carbocycles. The first-order valence-electron chi connectivity index (χ1n) is 11.4. The Balaban J connectivity index is 1.91. The number of benzene rings is 3. The average molecular weight is 499 g/mol. The third-order valence-electron chi connectivity index (χ3n) is 5.57. The Labute approximate surface area is 206 Å². The fourth-order valence-electron chi connectivity index (χ4n) is 3.72. The van der Waals surface area contributed by atoms with Crippen molar-refractivity contribution in [1.29, 1.82) is 0 Å². The molecule has 0 aromatic heterocycles. The van der Waals surface area contributed by atoms with Gasteiger partial charge in [0.2, 0.25) is 5.91 Å². The van der Waals surface area contributed by atoms with E-state index in [9.17, 15) is 17.6 Å². The number of carbonyl (C=O) groups excluding carboxylic acids is 1. The second-order valence-electron chi connectivity index (χ2n) is 8.82. The first kappa shape index (κ1) is 26.2.